The molecule has 1 N–H and O–H groups in total. The van der Waals surface area contributed by atoms with E-state index < -0.39 is 0 Å². The second-order valence-electron chi connectivity index (χ2n) is 14.1. The first-order valence-electron chi connectivity index (χ1n) is 18.4. The number of aromatic nitrogens is 1. The molecule has 2 aliphatic heterocycles. The molecule has 9 heteroatoms. The van der Waals surface area contributed by atoms with Gasteiger partial charge in [-0.05, 0) is 111 Å². The van der Waals surface area contributed by atoms with Gasteiger partial charge in [0.25, 0.3) is 0 Å². The van der Waals surface area contributed by atoms with Crippen LogP contribution in [-0.2, 0) is 19.6 Å². The maximum Gasteiger partial charge on any atom is 0.142 e. The fourth-order valence-corrected chi connectivity index (χ4v) is 7.95. The first kappa shape index (κ1) is 35.3. The number of likely N-dealkylation sites (tertiary alicyclic amines) is 2. The summed E-state index contributed by atoms with van der Waals surface area (Å²) in [6, 6.07) is 20.7. The lowest BCUT2D eigenvalue weighted by Gasteiger charge is -2.29. The van der Waals surface area contributed by atoms with E-state index in [-0.39, 0.29) is 18.8 Å². The molecule has 0 radical (unpaired) electrons. The summed E-state index contributed by atoms with van der Waals surface area (Å²) >= 11 is 6.94. The number of piperidine rings is 1. The highest BCUT2D eigenvalue weighted by molar-refractivity contribution is 6.32. The predicted molar refractivity (Wildman–Crippen MR) is 199 cm³/mol. The number of pyridine rings is 1. The SMILES string of the molecule is Cc1c(OCCCN2CCC(O)CC2)cccc1-c1cccc2c1CC[C@@H]2Oc1cc(OCc2cncc(C#N)c2)c(CN2CCCC2)cc1Cl. The van der Waals surface area contributed by atoms with Crippen molar-refractivity contribution in [2.75, 3.05) is 39.3 Å². The Kier molecular flexibility index (Phi) is 11.4. The van der Waals surface area contributed by atoms with Gasteiger partial charge in [-0.15, -0.1) is 0 Å². The highest BCUT2D eigenvalue weighted by Gasteiger charge is 2.29. The molecule has 0 saturated carbocycles. The van der Waals surface area contributed by atoms with Crippen LogP contribution >= 0.6 is 11.6 Å². The molecule has 1 atom stereocenters. The fourth-order valence-electron chi connectivity index (χ4n) is 7.71. The molecule has 2 fully saturated rings. The van der Waals surface area contributed by atoms with Crippen molar-refractivity contribution in [2.24, 2.45) is 0 Å². The molecule has 51 heavy (non-hydrogen) atoms. The molecule has 0 amide bonds. The maximum absolute atomic E-state index is 9.79. The van der Waals surface area contributed by atoms with Gasteiger partial charge >= 0.3 is 0 Å². The quantitative estimate of drug-likeness (QED) is 0.140. The van der Waals surface area contributed by atoms with Gasteiger partial charge in [0, 0.05) is 55.8 Å². The average Bonchev–Trinajstić information content (AvgIpc) is 3.82. The zero-order valence-electron chi connectivity index (χ0n) is 29.5. The van der Waals surface area contributed by atoms with E-state index in [1.165, 1.54) is 35.1 Å². The molecule has 3 heterocycles. The highest BCUT2D eigenvalue weighted by atomic mass is 35.5. The van der Waals surface area contributed by atoms with Crippen molar-refractivity contribution in [3.05, 3.63) is 105 Å². The summed E-state index contributed by atoms with van der Waals surface area (Å²) in [5.74, 6) is 2.27. The number of nitriles is 1. The zero-order valence-corrected chi connectivity index (χ0v) is 30.2. The van der Waals surface area contributed by atoms with Crippen LogP contribution in [0.5, 0.6) is 17.2 Å². The molecule has 1 aliphatic carbocycles. The molecule has 2 saturated heterocycles. The third kappa shape index (κ3) is 8.51. The Labute approximate surface area is 306 Å². The van der Waals surface area contributed by atoms with Gasteiger partial charge in [0.15, 0.2) is 0 Å². The molecule has 266 valence electrons. The molecule has 1 aromatic heterocycles. The smallest absolute Gasteiger partial charge is 0.142 e. The molecular formula is C42H47ClN4O4. The normalized spacial score (nSPS) is 18.0. The average molecular weight is 707 g/mol. The first-order chi connectivity index (χ1) is 24.9. The van der Waals surface area contributed by atoms with E-state index in [4.69, 9.17) is 25.8 Å². The Morgan fingerprint density at radius 1 is 0.902 bits per heavy atom. The van der Waals surface area contributed by atoms with Crippen molar-refractivity contribution in [2.45, 2.75) is 77.2 Å². The van der Waals surface area contributed by atoms with E-state index in [0.717, 1.165) is 99.6 Å². The Morgan fingerprint density at radius 3 is 2.53 bits per heavy atom. The molecule has 7 rings (SSSR count). The standard InChI is InChI=1S/C42H47ClN4O4/c1-29-34(7-5-10-39(29)49-20-6-17-46-18-13-33(48)14-19-46)35-8-4-9-37-36(35)11-12-40(37)51-42-23-41(50-28-31-21-30(24-44)25-45-26-31)32(22-38(42)43)27-47-15-2-3-16-47/h4-5,7-10,21-23,25-26,33,40,48H,2-3,6,11-20,27-28H2,1H3/t40-/m0/s1. The van der Waals surface area contributed by atoms with Crippen molar-refractivity contribution in [1.29, 1.82) is 5.26 Å². The number of fused-ring (bicyclic) bond motifs is 1. The summed E-state index contributed by atoms with van der Waals surface area (Å²) in [5.41, 5.74) is 8.40. The van der Waals surface area contributed by atoms with Gasteiger partial charge in [-0.2, -0.15) is 5.26 Å². The Bertz CT molecular complexity index is 1860. The summed E-state index contributed by atoms with van der Waals surface area (Å²) < 4.78 is 19.4. The van der Waals surface area contributed by atoms with E-state index >= 15 is 0 Å². The van der Waals surface area contributed by atoms with Gasteiger partial charge in [0.1, 0.15) is 36.0 Å². The van der Waals surface area contributed by atoms with E-state index in [2.05, 4.69) is 64.2 Å². The summed E-state index contributed by atoms with van der Waals surface area (Å²) in [4.78, 5) is 9.04. The number of hydrogen-bond acceptors (Lipinski definition) is 8. The molecule has 4 aromatic rings. The van der Waals surface area contributed by atoms with Gasteiger partial charge < -0.3 is 24.2 Å². The number of rotatable bonds is 13. The van der Waals surface area contributed by atoms with Crippen LogP contribution < -0.4 is 14.2 Å². The van der Waals surface area contributed by atoms with Crippen LogP contribution in [0.1, 0.15) is 78.0 Å². The van der Waals surface area contributed by atoms with Gasteiger partial charge in [0.05, 0.1) is 23.3 Å². The lowest BCUT2D eigenvalue weighted by atomic mass is 9.93. The third-order valence-electron chi connectivity index (χ3n) is 10.5. The van der Waals surface area contributed by atoms with E-state index in [1.54, 1.807) is 18.5 Å². The highest BCUT2D eigenvalue weighted by Crippen LogP contribution is 2.44. The lowest BCUT2D eigenvalue weighted by Crippen LogP contribution is -2.36. The number of benzene rings is 3. The van der Waals surface area contributed by atoms with Gasteiger partial charge in [-0.25, -0.2) is 0 Å². The number of ether oxygens (including phenoxy) is 3. The molecule has 0 unspecified atom stereocenters. The summed E-state index contributed by atoms with van der Waals surface area (Å²) in [6.45, 7) is 8.89. The van der Waals surface area contributed by atoms with Crippen LogP contribution in [0.25, 0.3) is 11.1 Å². The van der Waals surface area contributed by atoms with Crippen molar-refractivity contribution >= 4 is 11.6 Å². The second-order valence-corrected chi connectivity index (χ2v) is 14.5. The predicted octanol–water partition coefficient (Wildman–Crippen LogP) is 8.05. The molecule has 3 aromatic carbocycles. The monoisotopic (exact) mass is 706 g/mol. The number of hydrogen-bond donors (Lipinski definition) is 1. The largest absolute Gasteiger partial charge is 0.493 e. The van der Waals surface area contributed by atoms with Gasteiger partial charge in [-0.1, -0.05) is 41.9 Å². The Hall–Kier alpha value is -4.13. The first-order valence-corrected chi connectivity index (χ1v) is 18.8. The second kappa shape index (κ2) is 16.5. The van der Waals surface area contributed by atoms with Crippen LogP contribution in [0.2, 0.25) is 5.02 Å². The zero-order chi connectivity index (χ0) is 35.2. The van der Waals surface area contributed by atoms with Crippen molar-refractivity contribution in [3.8, 4) is 34.4 Å². The van der Waals surface area contributed by atoms with Crippen LogP contribution in [0, 0.1) is 18.3 Å². The van der Waals surface area contributed by atoms with Crippen molar-refractivity contribution in [3.63, 3.8) is 0 Å². The van der Waals surface area contributed by atoms with E-state index in [1.807, 2.05) is 12.1 Å². The minimum Gasteiger partial charge on any atom is -0.493 e. The van der Waals surface area contributed by atoms with Crippen LogP contribution in [-0.4, -0.2) is 65.3 Å². The van der Waals surface area contributed by atoms with Gasteiger partial charge in [0.2, 0.25) is 0 Å². The lowest BCUT2D eigenvalue weighted by molar-refractivity contribution is 0.0800. The summed E-state index contributed by atoms with van der Waals surface area (Å²) in [6.07, 6.45) is 9.84. The van der Waals surface area contributed by atoms with Crippen LogP contribution in [0.4, 0.5) is 0 Å². The number of nitrogens with zero attached hydrogens (tertiary/aromatic N) is 4. The molecule has 3 aliphatic rings. The minimum atomic E-state index is -0.144. The minimum absolute atomic E-state index is 0.137. The number of aliphatic hydroxyl groups excluding tert-OH is 1. The number of aliphatic hydroxyl groups is 1. The van der Waals surface area contributed by atoms with Crippen molar-refractivity contribution in [1.82, 2.24) is 14.8 Å². The molecule has 8 nitrogen and oxygen atoms in total. The Balaban J connectivity index is 1.07. The number of halogens is 1. The third-order valence-corrected chi connectivity index (χ3v) is 10.8. The summed E-state index contributed by atoms with van der Waals surface area (Å²) in [7, 11) is 0. The van der Waals surface area contributed by atoms with Crippen molar-refractivity contribution < 1.29 is 19.3 Å². The van der Waals surface area contributed by atoms with Crippen LogP contribution in [0.15, 0.2) is 67.0 Å². The fraction of sp³-hybridized carbons (Fsp3) is 0.429. The van der Waals surface area contributed by atoms with Crippen LogP contribution in [0.3, 0.4) is 0 Å². The Morgan fingerprint density at radius 2 is 1.71 bits per heavy atom. The summed E-state index contributed by atoms with van der Waals surface area (Å²) in [5, 5.41) is 19.7. The molecule has 0 bridgehead atoms. The topological polar surface area (TPSA) is 91.1 Å². The van der Waals surface area contributed by atoms with E-state index in [0.29, 0.717) is 22.9 Å². The van der Waals surface area contributed by atoms with Gasteiger partial charge in [-0.3, -0.25) is 9.88 Å². The molecular weight excluding hydrogens is 660 g/mol. The molecule has 0 spiro atoms. The van der Waals surface area contributed by atoms with E-state index in [9.17, 15) is 10.4 Å². The maximum atomic E-state index is 9.79.